The van der Waals surface area contributed by atoms with Gasteiger partial charge in [-0.05, 0) is 20.8 Å². The molecule has 3 N–H and O–H groups in total. The Morgan fingerprint density at radius 3 is 2.52 bits per heavy atom. The van der Waals surface area contributed by atoms with Crippen LogP contribution in [-0.2, 0) is 13.6 Å². The Labute approximate surface area is 143 Å². The van der Waals surface area contributed by atoms with E-state index in [4.69, 9.17) is 5.11 Å². The van der Waals surface area contributed by atoms with Crippen molar-refractivity contribution in [2.45, 2.75) is 33.4 Å². The number of aromatic carboxylic acids is 1. The van der Waals surface area contributed by atoms with Crippen LogP contribution in [0.3, 0.4) is 0 Å². The van der Waals surface area contributed by atoms with Crippen LogP contribution in [0.5, 0.6) is 0 Å². The third-order valence-electron chi connectivity index (χ3n) is 3.35. The van der Waals surface area contributed by atoms with E-state index in [-0.39, 0.29) is 28.7 Å². The van der Waals surface area contributed by atoms with E-state index in [1.165, 1.54) is 17.9 Å². The van der Waals surface area contributed by atoms with Crippen molar-refractivity contribution in [3.63, 3.8) is 0 Å². The van der Waals surface area contributed by atoms with E-state index in [1.54, 1.807) is 0 Å². The normalized spacial score (nSPS) is 10.8. The van der Waals surface area contributed by atoms with Gasteiger partial charge in [-0.25, -0.2) is 4.79 Å². The summed E-state index contributed by atoms with van der Waals surface area (Å²) < 4.78 is 2.67. The van der Waals surface area contributed by atoms with Crippen LogP contribution in [-0.4, -0.2) is 48.5 Å². The van der Waals surface area contributed by atoms with E-state index in [0.29, 0.717) is 6.54 Å². The number of carbonyl (C=O) groups excluding carboxylic acids is 2. The molecular formula is C15H20N6O4. The molecule has 2 amide bonds. The van der Waals surface area contributed by atoms with Gasteiger partial charge < -0.3 is 15.7 Å². The molecule has 0 radical (unpaired) electrons. The SMILES string of the molecule is CCn1cc(NC(=O)c2c(C(=O)O)cnn2C)c(C(=O)NC(C)C)n1. The molecule has 25 heavy (non-hydrogen) atoms. The van der Waals surface area contributed by atoms with Gasteiger partial charge in [0.05, 0.1) is 11.9 Å². The van der Waals surface area contributed by atoms with Gasteiger partial charge in [0.15, 0.2) is 5.69 Å². The summed E-state index contributed by atoms with van der Waals surface area (Å²) in [4.78, 5) is 36.0. The van der Waals surface area contributed by atoms with E-state index in [9.17, 15) is 14.4 Å². The van der Waals surface area contributed by atoms with Gasteiger partial charge in [-0.15, -0.1) is 0 Å². The molecular weight excluding hydrogens is 328 g/mol. The van der Waals surface area contributed by atoms with Crippen LogP contribution in [0.4, 0.5) is 5.69 Å². The van der Waals surface area contributed by atoms with E-state index in [2.05, 4.69) is 20.8 Å². The first kappa shape index (κ1) is 18.2. The molecule has 2 heterocycles. The Bertz CT molecular complexity index is 820. The summed E-state index contributed by atoms with van der Waals surface area (Å²) in [5.41, 5.74) is -0.0893. The third kappa shape index (κ3) is 3.84. The fourth-order valence-corrected chi connectivity index (χ4v) is 2.22. The number of rotatable bonds is 6. The molecule has 0 fully saturated rings. The summed E-state index contributed by atoms with van der Waals surface area (Å²) in [5.74, 6) is -2.38. The first-order valence-corrected chi connectivity index (χ1v) is 7.69. The van der Waals surface area contributed by atoms with Crippen LogP contribution in [0.15, 0.2) is 12.4 Å². The third-order valence-corrected chi connectivity index (χ3v) is 3.35. The van der Waals surface area contributed by atoms with Crippen LogP contribution in [0.25, 0.3) is 0 Å². The second-order valence-electron chi connectivity index (χ2n) is 5.66. The summed E-state index contributed by atoms with van der Waals surface area (Å²) in [6, 6.07) is -0.0986. The van der Waals surface area contributed by atoms with Gasteiger partial charge in [0.2, 0.25) is 0 Å². The Balaban J connectivity index is 2.35. The van der Waals surface area contributed by atoms with Crippen LogP contribution in [0.1, 0.15) is 52.1 Å². The molecule has 0 aliphatic rings. The number of nitrogens with zero attached hydrogens (tertiary/aromatic N) is 4. The van der Waals surface area contributed by atoms with Crippen molar-refractivity contribution in [1.29, 1.82) is 0 Å². The number of hydrogen-bond donors (Lipinski definition) is 3. The number of carbonyl (C=O) groups is 3. The lowest BCUT2D eigenvalue weighted by molar-refractivity contribution is 0.0691. The van der Waals surface area contributed by atoms with Gasteiger partial charge in [0.25, 0.3) is 11.8 Å². The summed E-state index contributed by atoms with van der Waals surface area (Å²) in [6.07, 6.45) is 2.61. The highest BCUT2D eigenvalue weighted by Gasteiger charge is 2.25. The minimum atomic E-state index is -1.26. The molecule has 0 spiro atoms. The lowest BCUT2D eigenvalue weighted by atomic mass is 10.2. The van der Waals surface area contributed by atoms with Crippen molar-refractivity contribution >= 4 is 23.5 Å². The topological polar surface area (TPSA) is 131 Å². The summed E-state index contributed by atoms with van der Waals surface area (Å²) in [5, 5.41) is 22.4. The lowest BCUT2D eigenvalue weighted by Gasteiger charge is -2.09. The second-order valence-corrected chi connectivity index (χ2v) is 5.66. The minimum absolute atomic E-state index is 0.0583. The van der Waals surface area contributed by atoms with E-state index < -0.39 is 17.8 Å². The lowest BCUT2D eigenvalue weighted by Crippen LogP contribution is -2.31. The first-order valence-electron chi connectivity index (χ1n) is 7.69. The predicted molar refractivity (Wildman–Crippen MR) is 88.6 cm³/mol. The number of carboxylic acid groups (broad SMARTS) is 1. The monoisotopic (exact) mass is 348 g/mol. The second kappa shape index (κ2) is 7.16. The largest absolute Gasteiger partial charge is 0.478 e. The minimum Gasteiger partial charge on any atom is -0.478 e. The molecule has 0 saturated heterocycles. The molecule has 134 valence electrons. The highest BCUT2D eigenvalue weighted by molar-refractivity contribution is 6.11. The maximum absolute atomic E-state index is 12.5. The van der Waals surface area contributed by atoms with Gasteiger partial charge in [0.1, 0.15) is 11.3 Å². The molecule has 0 aliphatic carbocycles. The van der Waals surface area contributed by atoms with Crippen molar-refractivity contribution in [3.05, 3.63) is 29.3 Å². The summed E-state index contributed by atoms with van der Waals surface area (Å²) >= 11 is 0. The van der Waals surface area contributed by atoms with Gasteiger partial charge in [-0.2, -0.15) is 10.2 Å². The molecule has 0 unspecified atom stereocenters. The summed E-state index contributed by atoms with van der Waals surface area (Å²) in [6.45, 7) is 5.96. The first-order chi connectivity index (χ1) is 11.7. The molecule has 0 aromatic carbocycles. The Kier molecular flexibility index (Phi) is 5.20. The van der Waals surface area contributed by atoms with Crippen LogP contribution in [0.2, 0.25) is 0 Å². The molecule has 2 aromatic heterocycles. The quantitative estimate of drug-likeness (QED) is 0.705. The molecule has 0 saturated carbocycles. The smallest absolute Gasteiger partial charge is 0.339 e. The Morgan fingerprint density at radius 1 is 1.28 bits per heavy atom. The molecule has 0 bridgehead atoms. The maximum atomic E-state index is 12.5. The molecule has 10 heteroatoms. The van der Waals surface area contributed by atoms with Crippen LogP contribution < -0.4 is 10.6 Å². The van der Waals surface area contributed by atoms with E-state index in [0.717, 1.165) is 10.9 Å². The predicted octanol–water partition coefficient (Wildman–Crippen LogP) is 0.725. The van der Waals surface area contributed by atoms with E-state index in [1.807, 2.05) is 20.8 Å². The molecule has 10 nitrogen and oxygen atoms in total. The van der Waals surface area contributed by atoms with Crippen molar-refractivity contribution in [2.75, 3.05) is 5.32 Å². The number of nitrogens with one attached hydrogen (secondary N) is 2. The fraction of sp³-hybridized carbons (Fsp3) is 0.400. The zero-order valence-electron chi connectivity index (χ0n) is 14.4. The van der Waals surface area contributed by atoms with E-state index >= 15 is 0 Å². The molecule has 2 rings (SSSR count). The van der Waals surface area contributed by atoms with Crippen LogP contribution in [0, 0.1) is 0 Å². The Hall–Kier alpha value is -3.17. The Morgan fingerprint density at radius 2 is 1.96 bits per heavy atom. The average Bonchev–Trinajstić information content (AvgIpc) is 3.10. The average molecular weight is 348 g/mol. The van der Waals surface area contributed by atoms with Crippen LogP contribution >= 0.6 is 0 Å². The molecule has 0 aliphatic heterocycles. The number of aryl methyl sites for hydroxylation is 2. The highest BCUT2D eigenvalue weighted by atomic mass is 16.4. The highest BCUT2D eigenvalue weighted by Crippen LogP contribution is 2.17. The zero-order chi connectivity index (χ0) is 18.7. The number of hydrogen-bond acceptors (Lipinski definition) is 5. The van der Waals surface area contributed by atoms with Gasteiger partial charge in [-0.1, -0.05) is 0 Å². The van der Waals surface area contributed by atoms with Gasteiger partial charge >= 0.3 is 5.97 Å². The van der Waals surface area contributed by atoms with Gasteiger partial charge in [-0.3, -0.25) is 19.0 Å². The zero-order valence-corrected chi connectivity index (χ0v) is 14.4. The van der Waals surface area contributed by atoms with Gasteiger partial charge in [0, 0.05) is 25.8 Å². The number of anilines is 1. The summed E-state index contributed by atoms with van der Waals surface area (Å²) in [7, 11) is 1.46. The van der Waals surface area contributed by atoms with Crippen molar-refractivity contribution < 1.29 is 19.5 Å². The number of aromatic nitrogens is 4. The maximum Gasteiger partial charge on any atom is 0.339 e. The van der Waals surface area contributed by atoms with Crippen molar-refractivity contribution in [1.82, 2.24) is 24.9 Å². The molecule has 0 atom stereocenters. The molecule has 2 aromatic rings. The van der Waals surface area contributed by atoms with Crippen molar-refractivity contribution in [3.8, 4) is 0 Å². The van der Waals surface area contributed by atoms with Crippen molar-refractivity contribution in [2.24, 2.45) is 7.05 Å². The number of amides is 2. The standard InChI is InChI=1S/C15H20N6O4/c1-5-21-7-10(11(19-21)13(22)17-8(2)3)18-14(23)12-9(15(24)25)6-16-20(12)4/h6-8H,5H2,1-4H3,(H,17,22)(H,18,23)(H,24,25). The fourth-order valence-electron chi connectivity index (χ4n) is 2.22. The number of carboxylic acids is 1.